The maximum Gasteiger partial charge on any atom is 0.0995 e. The van der Waals surface area contributed by atoms with Gasteiger partial charge in [0.2, 0.25) is 0 Å². The van der Waals surface area contributed by atoms with Crippen LogP contribution in [-0.4, -0.2) is 6.54 Å². The standard InChI is InChI=1S/C14H13BrCl3NS/c1-2-5-19-13(10-7-12(17)20-14(10)18)9-4-3-8(16)6-11(9)15/h3-4,6-7,13,19H,2,5H2,1H3. The zero-order chi connectivity index (χ0) is 14.7. The van der Waals surface area contributed by atoms with E-state index in [1.807, 2.05) is 24.3 Å². The Kier molecular flexibility index (Phi) is 6.21. The van der Waals surface area contributed by atoms with Crippen molar-refractivity contribution in [3.63, 3.8) is 0 Å². The fourth-order valence-electron chi connectivity index (χ4n) is 1.96. The molecular formula is C14H13BrCl3NS. The van der Waals surface area contributed by atoms with Crippen molar-refractivity contribution in [3.8, 4) is 0 Å². The summed E-state index contributed by atoms with van der Waals surface area (Å²) in [6.07, 6.45) is 1.04. The second-order valence-electron chi connectivity index (χ2n) is 4.33. The minimum absolute atomic E-state index is 0.00200. The van der Waals surface area contributed by atoms with Crippen molar-refractivity contribution >= 4 is 62.1 Å². The van der Waals surface area contributed by atoms with Crippen molar-refractivity contribution in [2.75, 3.05) is 6.54 Å². The minimum Gasteiger partial charge on any atom is -0.306 e. The van der Waals surface area contributed by atoms with Gasteiger partial charge in [-0.05, 0) is 36.7 Å². The Bertz CT molecular complexity index is 600. The van der Waals surface area contributed by atoms with Gasteiger partial charge in [-0.3, -0.25) is 0 Å². The smallest absolute Gasteiger partial charge is 0.0995 e. The second-order valence-corrected chi connectivity index (χ2v) is 7.91. The molecule has 0 aliphatic carbocycles. The lowest BCUT2D eigenvalue weighted by atomic mass is 10.0. The molecule has 0 spiro atoms. The third-order valence-corrected chi connectivity index (χ3v) is 5.31. The first-order valence-electron chi connectivity index (χ1n) is 6.16. The zero-order valence-corrected chi connectivity index (χ0v) is 15.4. The van der Waals surface area contributed by atoms with Crippen LogP contribution in [-0.2, 0) is 0 Å². The Morgan fingerprint density at radius 2 is 1.95 bits per heavy atom. The van der Waals surface area contributed by atoms with Crippen molar-refractivity contribution in [2.24, 2.45) is 0 Å². The lowest BCUT2D eigenvalue weighted by molar-refractivity contribution is 0.598. The van der Waals surface area contributed by atoms with Crippen LogP contribution in [0.5, 0.6) is 0 Å². The summed E-state index contributed by atoms with van der Waals surface area (Å²) in [4.78, 5) is 0. The Labute approximate surface area is 146 Å². The first-order valence-corrected chi connectivity index (χ1v) is 8.90. The maximum atomic E-state index is 6.30. The highest BCUT2D eigenvalue weighted by Crippen LogP contribution is 2.39. The number of rotatable bonds is 5. The van der Waals surface area contributed by atoms with Crippen LogP contribution in [0.2, 0.25) is 13.7 Å². The highest BCUT2D eigenvalue weighted by atomic mass is 79.9. The van der Waals surface area contributed by atoms with Gasteiger partial charge in [-0.15, -0.1) is 11.3 Å². The Hall–Kier alpha value is 0.230. The first kappa shape index (κ1) is 16.6. The molecule has 0 saturated carbocycles. The fourth-order valence-corrected chi connectivity index (χ4v) is 4.41. The summed E-state index contributed by atoms with van der Waals surface area (Å²) in [6, 6.07) is 7.69. The summed E-state index contributed by atoms with van der Waals surface area (Å²) >= 11 is 23.3. The number of benzene rings is 1. The molecule has 1 aromatic heterocycles. The van der Waals surface area contributed by atoms with E-state index in [2.05, 4.69) is 28.2 Å². The van der Waals surface area contributed by atoms with Crippen molar-refractivity contribution < 1.29 is 0 Å². The first-order chi connectivity index (χ1) is 9.52. The predicted octanol–water partition coefficient (Wildman–Crippen LogP) is 6.56. The maximum absolute atomic E-state index is 6.30. The van der Waals surface area contributed by atoms with Crippen LogP contribution < -0.4 is 5.32 Å². The molecule has 2 aromatic rings. The molecule has 1 unspecified atom stereocenters. The van der Waals surface area contributed by atoms with Crippen LogP contribution in [0.25, 0.3) is 0 Å². The van der Waals surface area contributed by atoms with Gasteiger partial charge in [-0.1, -0.05) is 63.7 Å². The van der Waals surface area contributed by atoms with Crippen LogP contribution in [0.3, 0.4) is 0 Å². The molecule has 1 aromatic carbocycles. The van der Waals surface area contributed by atoms with Gasteiger partial charge in [-0.25, -0.2) is 0 Å². The molecule has 1 heterocycles. The topological polar surface area (TPSA) is 12.0 Å². The minimum atomic E-state index is -0.00200. The van der Waals surface area contributed by atoms with E-state index in [0.29, 0.717) is 13.7 Å². The number of nitrogens with one attached hydrogen (secondary N) is 1. The molecule has 2 rings (SSSR count). The summed E-state index contributed by atoms with van der Waals surface area (Å²) in [5.41, 5.74) is 2.09. The molecule has 0 aliphatic rings. The Morgan fingerprint density at radius 1 is 1.20 bits per heavy atom. The molecule has 0 aliphatic heterocycles. The van der Waals surface area contributed by atoms with E-state index >= 15 is 0 Å². The second kappa shape index (κ2) is 7.48. The normalized spacial score (nSPS) is 12.7. The van der Waals surface area contributed by atoms with Gasteiger partial charge in [0.05, 0.1) is 14.7 Å². The van der Waals surface area contributed by atoms with Crippen LogP contribution >= 0.6 is 62.1 Å². The molecular weight excluding hydrogens is 400 g/mol. The van der Waals surface area contributed by atoms with E-state index in [1.165, 1.54) is 11.3 Å². The molecule has 0 fully saturated rings. The molecule has 0 amide bonds. The Balaban J connectivity index is 2.44. The quantitative estimate of drug-likeness (QED) is 0.585. The van der Waals surface area contributed by atoms with Gasteiger partial charge in [0.15, 0.2) is 0 Å². The number of thiophene rings is 1. The molecule has 20 heavy (non-hydrogen) atoms. The van der Waals surface area contributed by atoms with E-state index < -0.39 is 0 Å². The van der Waals surface area contributed by atoms with E-state index in [0.717, 1.165) is 28.6 Å². The molecule has 0 saturated heterocycles. The molecule has 1 N–H and O–H groups in total. The van der Waals surface area contributed by atoms with Gasteiger partial charge in [0, 0.05) is 15.1 Å². The highest BCUT2D eigenvalue weighted by molar-refractivity contribution is 9.10. The van der Waals surface area contributed by atoms with Crippen molar-refractivity contribution in [3.05, 3.63) is 53.6 Å². The van der Waals surface area contributed by atoms with Gasteiger partial charge in [0.25, 0.3) is 0 Å². The molecule has 6 heteroatoms. The number of halogens is 4. The molecule has 1 nitrogen and oxygen atoms in total. The van der Waals surface area contributed by atoms with Gasteiger partial charge < -0.3 is 5.32 Å². The van der Waals surface area contributed by atoms with Gasteiger partial charge in [-0.2, -0.15) is 0 Å². The van der Waals surface area contributed by atoms with E-state index in [9.17, 15) is 0 Å². The zero-order valence-electron chi connectivity index (χ0n) is 10.7. The number of hydrogen-bond acceptors (Lipinski definition) is 2. The average Bonchev–Trinajstić information content (AvgIpc) is 2.71. The van der Waals surface area contributed by atoms with Crippen LogP contribution in [0.1, 0.15) is 30.5 Å². The highest BCUT2D eigenvalue weighted by Gasteiger charge is 2.21. The lowest BCUT2D eigenvalue weighted by Gasteiger charge is -2.20. The lowest BCUT2D eigenvalue weighted by Crippen LogP contribution is -2.23. The largest absolute Gasteiger partial charge is 0.306 e. The molecule has 0 radical (unpaired) electrons. The molecule has 1 atom stereocenters. The average molecular weight is 414 g/mol. The van der Waals surface area contributed by atoms with Crippen LogP contribution in [0.4, 0.5) is 0 Å². The van der Waals surface area contributed by atoms with Gasteiger partial charge >= 0.3 is 0 Å². The van der Waals surface area contributed by atoms with Gasteiger partial charge in [0.1, 0.15) is 0 Å². The Morgan fingerprint density at radius 3 is 2.50 bits per heavy atom. The summed E-state index contributed by atoms with van der Waals surface area (Å²) in [6.45, 7) is 3.02. The van der Waals surface area contributed by atoms with Crippen molar-refractivity contribution in [1.82, 2.24) is 5.32 Å². The fraction of sp³-hybridized carbons (Fsp3) is 0.286. The van der Waals surface area contributed by atoms with E-state index in [1.54, 1.807) is 0 Å². The van der Waals surface area contributed by atoms with E-state index in [-0.39, 0.29) is 6.04 Å². The van der Waals surface area contributed by atoms with Crippen LogP contribution in [0.15, 0.2) is 28.7 Å². The molecule has 0 bridgehead atoms. The molecule has 108 valence electrons. The van der Waals surface area contributed by atoms with Crippen molar-refractivity contribution in [1.29, 1.82) is 0 Å². The SMILES string of the molecule is CCCNC(c1ccc(Cl)cc1Br)c1cc(Cl)sc1Cl. The van der Waals surface area contributed by atoms with E-state index in [4.69, 9.17) is 34.8 Å². The monoisotopic (exact) mass is 411 g/mol. The third kappa shape index (κ3) is 3.90. The predicted molar refractivity (Wildman–Crippen MR) is 93.6 cm³/mol. The third-order valence-electron chi connectivity index (χ3n) is 2.87. The summed E-state index contributed by atoms with van der Waals surface area (Å²) < 4.78 is 2.36. The van der Waals surface area contributed by atoms with Crippen molar-refractivity contribution in [2.45, 2.75) is 19.4 Å². The summed E-state index contributed by atoms with van der Waals surface area (Å²) in [7, 11) is 0. The summed E-state index contributed by atoms with van der Waals surface area (Å²) in [5.74, 6) is 0. The van der Waals surface area contributed by atoms with Crippen LogP contribution in [0, 0.1) is 0 Å². The number of hydrogen-bond donors (Lipinski definition) is 1. The summed E-state index contributed by atoms with van der Waals surface area (Å²) in [5, 5.41) is 4.21.